The largest absolute Gasteiger partial charge is 0.353 e. The first-order chi connectivity index (χ1) is 9.65. The van der Waals surface area contributed by atoms with Crippen molar-refractivity contribution in [2.45, 2.75) is 46.2 Å². The van der Waals surface area contributed by atoms with Crippen molar-refractivity contribution in [1.82, 2.24) is 15.5 Å². The highest BCUT2D eigenvalue weighted by Crippen LogP contribution is 2.17. The number of hydrogen-bond donors (Lipinski definition) is 2. The number of nitrogens with one attached hydrogen (secondary N) is 2. The Labute approximate surface area is 130 Å². The highest BCUT2D eigenvalue weighted by molar-refractivity contribution is 7.99. The maximum absolute atomic E-state index is 11.9. The van der Waals surface area contributed by atoms with Gasteiger partial charge in [0.25, 0.3) is 5.91 Å². The second-order valence-corrected chi connectivity index (χ2v) is 7.27. The lowest BCUT2D eigenvalue weighted by atomic mass is 10.1. The number of carbonyl (C=O) groups is 3. The van der Waals surface area contributed by atoms with Crippen molar-refractivity contribution in [3.8, 4) is 0 Å². The Balaban J connectivity index is 2.27. The van der Waals surface area contributed by atoms with Gasteiger partial charge in [-0.3, -0.25) is 14.5 Å². The van der Waals surface area contributed by atoms with Crippen molar-refractivity contribution in [1.29, 1.82) is 0 Å². The highest BCUT2D eigenvalue weighted by atomic mass is 32.2. The van der Waals surface area contributed by atoms with E-state index in [1.165, 1.54) is 16.7 Å². The van der Waals surface area contributed by atoms with Crippen molar-refractivity contribution < 1.29 is 14.4 Å². The summed E-state index contributed by atoms with van der Waals surface area (Å²) in [6.07, 6.45) is 0. The summed E-state index contributed by atoms with van der Waals surface area (Å²) < 4.78 is 0. The van der Waals surface area contributed by atoms with Gasteiger partial charge >= 0.3 is 6.03 Å². The number of carbonyl (C=O) groups excluding carboxylic acids is 3. The average Bonchev–Trinajstić information content (AvgIpc) is 2.55. The van der Waals surface area contributed by atoms with E-state index in [2.05, 4.69) is 24.5 Å². The first-order valence-corrected chi connectivity index (χ1v) is 8.32. The molecule has 0 aromatic rings. The van der Waals surface area contributed by atoms with Crippen LogP contribution in [0, 0.1) is 5.92 Å². The molecule has 1 aliphatic heterocycles. The lowest BCUT2D eigenvalue weighted by Gasteiger charge is -2.18. The van der Waals surface area contributed by atoms with E-state index in [1.54, 1.807) is 13.8 Å². The average molecular weight is 315 g/mol. The zero-order valence-corrected chi connectivity index (χ0v) is 14.2. The molecule has 0 aromatic carbocycles. The van der Waals surface area contributed by atoms with Gasteiger partial charge in [-0.25, -0.2) is 4.79 Å². The fourth-order valence-corrected chi connectivity index (χ4v) is 2.53. The molecule has 0 aromatic heterocycles. The van der Waals surface area contributed by atoms with Gasteiger partial charge in [0, 0.05) is 18.3 Å². The molecule has 0 bridgehead atoms. The minimum atomic E-state index is -0.828. The van der Waals surface area contributed by atoms with Gasteiger partial charge in [0.2, 0.25) is 5.91 Å². The Hall–Kier alpha value is -1.24. The number of nitrogens with zero attached hydrogens (tertiary/aromatic N) is 1. The number of hydrogen-bond acceptors (Lipinski definition) is 4. The van der Waals surface area contributed by atoms with Crippen LogP contribution in [0.4, 0.5) is 4.79 Å². The van der Waals surface area contributed by atoms with Crippen LogP contribution in [-0.4, -0.2) is 52.4 Å². The van der Waals surface area contributed by atoms with Gasteiger partial charge in [0.15, 0.2) is 0 Å². The molecule has 0 aliphatic carbocycles. The molecule has 1 fully saturated rings. The van der Waals surface area contributed by atoms with E-state index >= 15 is 0 Å². The summed E-state index contributed by atoms with van der Waals surface area (Å²) in [6, 6.07) is -0.215. The third-order valence-corrected chi connectivity index (χ3v) is 4.46. The summed E-state index contributed by atoms with van der Waals surface area (Å²) in [6.45, 7) is 9.77. The predicted octanol–water partition coefficient (Wildman–Crippen LogP) is 1.21. The maximum atomic E-state index is 11.9. The van der Waals surface area contributed by atoms with Gasteiger partial charge in [-0.05, 0) is 26.7 Å². The molecular weight excluding hydrogens is 290 g/mol. The van der Waals surface area contributed by atoms with Crippen LogP contribution in [0.5, 0.6) is 0 Å². The summed E-state index contributed by atoms with van der Waals surface area (Å²) in [5.74, 6) is 1.06. The number of rotatable bonds is 7. The van der Waals surface area contributed by atoms with Crippen molar-refractivity contribution in [3.63, 3.8) is 0 Å². The Morgan fingerprint density at radius 2 is 1.95 bits per heavy atom. The molecule has 1 unspecified atom stereocenters. The quantitative estimate of drug-likeness (QED) is 0.547. The fourth-order valence-electron chi connectivity index (χ4n) is 1.80. The summed E-state index contributed by atoms with van der Waals surface area (Å²) in [5, 5.41) is 5.55. The zero-order valence-electron chi connectivity index (χ0n) is 13.4. The lowest BCUT2D eigenvalue weighted by molar-refractivity contribution is -0.130. The Morgan fingerprint density at radius 1 is 1.33 bits per heavy atom. The Morgan fingerprint density at radius 3 is 2.43 bits per heavy atom. The topological polar surface area (TPSA) is 78.5 Å². The smallest absolute Gasteiger partial charge is 0.325 e. The Bertz CT molecular complexity index is 424. The van der Waals surface area contributed by atoms with E-state index in [0.717, 1.165) is 0 Å². The number of thioether (sulfide) groups is 1. The van der Waals surface area contributed by atoms with Crippen LogP contribution in [-0.2, 0) is 9.59 Å². The number of imide groups is 1. The zero-order chi connectivity index (χ0) is 16.2. The van der Waals surface area contributed by atoms with E-state index in [4.69, 9.17) is 0 Å². The van der Waals surface area contributed by atoms with Gasteiger partial charge in [0.05, 0.1) is 5.75 Å². The van der Waals surface area contributed by atoms with E-state index < -0.39 is 5.54 Å². The first-order valence-electron chi connectivity index (χ1n) is 7.16. The van der Waals surface area contributed by atoms with E-state index in [-0.39, 0.29) is 23.9 Å². The van der Waals surface area contributed by atoms with E-state index in [1.807, 2.05) is 6.92 Å². The normalized spacial score (nSPS) is 18.9. The summed E-state index contributed by atoms with van der Waals surface area (Å²) in [7, 11) is 0. The van der Waals surface area contributed by atoms with E-state index in [9.17, 15) is 14.4 Å². The van der Waals surface area contributed by atoms with Crippen LogP contribution >= 0.6 is 11.8 Å². The van der Waals surface area contributed by atoms with Crippen molar-refractivity contribution in [2.24, 2.45) is 5.92 Å². The van der Waals surface area contributed by atoms with Gasteiger partial charge in [0.1, 0.15) is 5.54 Å². The molecule has 0 radical (unpaired) electrons. The molecule has 1 saturated heterocycles. The van der Waals surface area contributed by atoms with Crippen LogP contribution in [0.25, 0.3) is 0 Å². The van der Waals surface area contributed by atoms with Crippen LogP contribution in [0.3, 0.4) is 0 Å². The molecule has 1 rings (SSSR count). The molecule has 0 spiro atoms. The molecular formula is C14H25N3O3S. The minimum absolute atomic E-state index is 0.0151. The molecule has 7 heteroatoms. The number of urea groups is 1. The molecule has 4 amide bonds. The van der Waals surface area contributed by atoms with Crippen molar-refractivity contribution >= 4 is 29.6 Å². The van der Waals surface area contributed by atoms with Crippen LogP contribution in [0.1, 0.15) is 34.6 Å². The Kier molecular flexibility index (Phi) is 6.07. The molecule has 0 saturated carbocycles. The second-order valence-electron chi connectivity index (χ2n) is 6.16. The lowest BCUT2D eigenvalue weighted by Crippen LogP contribution is -2.40. The van der Waals surface area contributed by atoms with Crippen LogP contribution < -0.4 is 10.6 Å². The minimum Gasteiger partial charge on any atom is -0.353 e. The summed E-state index contributed by atoms with van der Waals surface area (Å²) in [4.78, 5) is 36.5. The molecule has 21 heavy (non-hydrogen) atoms. The van der Waals surface area contributed by atoms with Crippen molar-refractivity contribution in [2.75, 3.05) is 18.1 Å². The van der Waals surface area contributed by atoms with Crippen LogP contribution in [0.2, 0.25) is 0 Å². The number of amides is 4. The monoisotopic (exact) mass is 315 g/mol. The van der Waals surface area contributed by atoms with Gasteiger partial charge in [-0.2, -0.15) is 11.8 Å². The standard InChI is InChI=1S/C14H25N3O3S/c1-9(2)10(3)15-11(18)8-21-7-6-17-12(19)14(4,5)16-13(17)20/h9-10H,6-8H2,1-5H3,(H,15,18)(H,16,20). The third-order valence-electron chi connectivity index (χ3n) is 3.53. The van der Waals surface area contributed by atoms with Gasteiger partial charge < -0.3 is 10.6 Å². The SMILES string of the molecule is CC(C)C(C)NC(=O)CSCCN1C(=O)NC(C)(C)C1=O. The molecule has 1 heterocycles. The third kappa shape index (κ3) is 4.91. The van der Waals surface area contributed by atoms with Gasteiger partial charge in [-0.15, -0.1) is 0 Å². The highest BCUT2D eigenvalue weighted by Gasteiger charge is 2.43. The predicted molar refractivity (Wildman–Crippen MR) is 84.1 cm³/mol. The fraction of sp³-hybridized carbons (Fsp3) is 0.786. The molecule has 2 N–H and O–H groups in total. The molecule has 120 valence electrons. The maximum Gasteiger partial charge on any atom is 0.325 e. The molecule has 6 nitrogen and oxygen atoms in total. The van der Waals surface area contributed by atoms with Crippen LogP contribution in [0.15, 0.2) is 0 Å². The summed E-state index contributed by atoms with van der Waals surface area (Å²) in [5.41, 5.74) is -0.828. The van der Waals surface area contributed by atoms with Gasteiger partial charge in [-0.1, -0.05) is 13.8 Å². The molecule has 1 atom stereocenters. The first kappa shape index (κ1) is 17.8. The van der Waals surface area contributed by atoms with Crippen molar-refractivity contribution in [3.05, 3.63) is 0 Å². The van der Waals surface area contributed by atoms with E-state index in [0.29, 0.717) is 24.0 Å². The second kappa shape index (κ2) is 7.15. The molecule has 1 aliphatic rings. The summed E-state index contributed by atoms with van der Waals surface area (Å²) >= 11 is 1.42.